The minimum Gasteiger partial charge on any atom is -0.480 e. The fraction of sp³-hybridized carbons (Fsp3) is 0.750. The zero-order chi connectivity index (χ0) is 30.2. The van der Waals surface area contributed by atoms with Gasteiger partial charge in [-0.2, -0.15) is 0 Å². The molecule has 0 saturated carbocycles. The maximum Gasteiger partial charge on any atom is 0.320 e. The second-order valence-corrected chi connectivity index (χ2v) is 8.55. The van der Waals surface area contributed by atoms with Crippen molar-refractivity contribution in [2.45, 2.75) is 31.9 Å². The third-order valence-corrected chi connectivity index (χ3v) is 3.54. The molecule has 1 rings (SSSR count). The Labute approximate surface area is 217 Å². The van der Waals surface area contributed by atoms with Crippen LogP contribution in [0.15, 0.2) is 0 Å². The molecule has 0 aromatic rings. The zero-order valence-electron chi connectivity index (χ0n) is 22.4. The van der Waals surface area contributed by atoms with E-state index in [0.717, 1.165) is 11.0 Å². The van der Waals surface area contributed by atoms with Crippen LogP contribution >= 0.6 is 0 Å². The number of nitrogens with one attached hydrogen (secondary N) is 4. The molecular formula is C20H48N9O8+. The van der Waals surface area contributed by atoms with E-state index in [1.165, 1.54) is 6.92 Å². The Morgan fingerprint density at radius 2 is 1.65 bits per heavy atom. The van der Waals surface area contributed by atoms with Crippen molar-refractivity contribution in [3.63, 3.8) is 0 Å². The van der Waals surface area contributed by atoms with Crippen molar-refractivity contribution in [1.29, 1.82) is 10.8 Å². The highest BCUT2D eigenvalue weighted by Crippen LogP contribution is 1.92. The number of carboxylic acids is 1. The quantitative estimate of drug-likeness (QED) is 0.0565. The van der Waals surface area contributed by atoms with Crippen LogP contribution in [0.1, 0.15) is 19.8 Å². The molecule has 0 aromatic heterocycles. The van der Waals surface area contributed by atoms with Gasteiger partial charge in [0.05, 0.1) is 47.5 Å². The van der Waals surface area contributed by atoms with E-state index >= 15 is 0 Å². The molecule has 1 saturated heterocycles. The van der Waals surface area contributed by atoms with E-state index in [2.05, 4.69) is 37.5 Å². The number of hydrogen-bond acceptors (Lipinski definition) is 10. The number of likely N-dealkylation sites (N-methyl/N-ethyl adjacent to an activating group) is 2. The van der Waals surface area contributed by atoms with Gasteiger partial charge in [-0.1, -0.05) is 0 Å². The number of primary amides is 1. The lowest BCUT2D eigenvalue weighted by Gasteiger charge is -2.21. The molecule has 0 bridgehead atoms. The molecule has 0 aromatic carbocycles. The van der Waals surface area contributed by atoms with E-state index in [1.54, 1.807) is 11.9 Å². The number of carbonyl (C=O) groups is 3. The van der Waals surface area contributed by atoms with Crippen LogP contribution in [0.4, 0.5) is 0 Å². The van der Waals surface area contributed by atoms with Crippen molar-refractivity contribution in [2.24, 2.45) is 17.2 Å². The Bertz CT molecular complexity index is 652. The molecule has 17 heteroatoms. The zero-order valence-corrected chi connectivity index (χ0v) is 22.4. The van der Waals surface area contributed by atoms with Crippen LogP contribution in [-0.4, -0.2) is 144 Å². The van der Waals surface area contributed by atoms with Crippen LogP contribution in [0.5, 0.6) is 0 Å². The average Bonchev–Trinajstić information content (AvgIpc) is 3.05. The molecular weight excluding hydrogens is 494 g/mol. The maximum atomic E-state index is 10.4. The van der Waals surface area contributed by atoms with E-state index in [0.29, 0.717) is 25.9 Å². The number of aliphatic hydroxyl groups excluding tert-OH is 4. The van der Waals surface area contributed by atoms with Gasteiger partial charge in [0.1, 0.15) is 18.7 Å². The Balaban J connectivity index is -0.000000193. The minimum atomic E-state index is -1.00. The number of aliphatic carboxylic acids is 1. The number of aliphatic hydroxyl groups is 4. The molecule has 0 radical (unpaired) electrons. The second kappa shape index (κ2) is 24.6. The summed E-state index contributed by atoms with van der Waals surface area (Å²) in [7, 11) is 7.85. The first kappa shape index (κ1) is 41.1. The van der Waals surface area contributed by atoms with Crippen LogP contribution in [0.3, 0.4) is 0 Å². The van der Waals surface area contributed by atoms with Crippen LogP contribution in [0, 0.1) is 10.8 Å². The minimum absolute atomic E-state index is 0.0995. The van der Waals surface area contributed by atoms with Crippen molar-refractivity contribution < 1.29 is 44.4 Å². The van der Waals surface area contributed by atoms with Crippen LogP contribution in [0.25, 0.3) is 0 Å². The first-order valence-electron chi connectivity index (χ1n) is 11.1. The third-order valence-electron chi connectivity index (χ3n) is 3.54. The largest absolute Gasteiger partial charge is 0.480 e. The smallest absolute Gasteiger partial charge is 0.320 e. The molecule has 1 aliphatic rings. The van der Waals surface area contributed by atoms with Crippen LogP contribution in [0.2, 0.25) is 0 Å². The Hall–Kier alpha value is -3.09. The van der Waals surface area contributed by atoms with Crippen LogP contribution in [-0.2, 0) is 14.4 Å². The fourth-order valence-electron chi connectivity index (χ4n) is 1.59. The fourth-order valence-corrected chi connectivity index (χ4v) is 1.59. The van der Waals surface area contributed by atoms with Crippen molar-refractivity contribution in [3.8, 4) is 0 Å². The van der Waals surface area contributed by atoms with E-state index in [1.807, 2.05) is 0 Å². The second-order valence-electron chi connectivity index (χ2n) is 8.55. The summed E-state index contributed by atoms with van der Waals surface area (Å²) < 4.78 is 0.844. The van der Waals surface area contributed by atoms with Gasteiger partial charge in [-0.3, -0.25) is 30.5 Å². The molecule has 0 aliphatic carbocycles. The van der Waals surface area contributed by atoms with E-state index < -0.39 is 18.1 Å². The van der Waals surface area contributed by atoms with Crippen molar-refractivity contribution in [2.75, 3.05) is 67.6 Å². The molecule has 2 amide bonds. The van der Waals surface area contributed by atoms with Crippen molar-refractivity contribution >= 4 is 29.7 Å². The summed E-state index contributed by atoms with van der Waals surface area (Å²) in [4.78, 5) is 31.4. The Kier molecular flexibility index (Phi) is 27.3. The summed E-state index contributed by atoms with van der Waals surface area (Å²) in [5.74, 6) is -1.36. The van der Waals surface area contributed by atoms with E-state index in [4.69, 9.17) is 47.8 Å². The SMILES string of the molecule is CC(N)=O.CN1CC(=O)NC1=N.C[N+](C)(C)CCO.N=C(N)NCCCC(N)C(=O)O.OCC(O)CO. The van der Waals surface area contributed by atoms with Gasteiger partial charge in [-0.25, -0.2) is 0 Å². The molecule has 1 unspecified atom stereocenters. The molecule has 1 fully saturated rings. The molecule has 1 aliphatic heterocycles. The molecule has 37 heavy (non-hydrogen) atoms. The standard InChI is InChI=1S/C6H14N4O2.C5H14NO.C4H7N3O.C3H8O3.C2H5NO/c7-4(5(11)12)2-1-3-10-6(8)9;1-6(2,3)4-5-7;1-7-2-3(8)6-4(7)5;4-1-3(6)2-5;1-2(3)4/h4H,1-3,7H2,(H,11,12)(H4,8,9,10);7H,4-5H2,1-3H3;2H2,1H3,(H2,5,6,8);3-6H,1-2H2;1H3,(H2,3,4)/q;+1;;;. The molecule has 1 atom stereocenters. The van der Waals surface area contributed by atoms with Gasteiger partial charge in [-0.15, -0.1) is 0 Å². The van der Waals surface area contributed by atoms with Gasteiger partial charge in [0.25, 0.3) is 0 Å². The molecule has 0 spiro atoms. The van der Waals surface area contributed by atoms with Crippen molar-refractivity contribution in [3.05, 3.63) is 0 Å². The van der Waals surface area contributed by atoms with Gasteiger partial charge in [0, 0.05) is 20.5 Å². The van der Waals surface area contributed by atoms with Gasteiger partial charge < -0.3 is 57.4 Å². The average molecular weight is 543 g/mol. The summed E-state index contributed by atoms with van der Waals surface area (Å²) in [6.07, 6.45) is 0.0212. The number of carbonyl (C=O) groups excluding carboxylic acids is 2. The number of carboxylic acid groups (broad SMARTS) is 1. The molecule has 17 nitrogen and oxygen atoms in total. The summed E-state index contributed by atoms with van der Waals surface area (Å²) in [5, 5.41) is 59.4. The number of quaternary nitrogens is 1. The summed E-state index contributed by atoms with van der Waals surface area (Å²) in [6, 6.07) is -0.821. The molecule has 220 valence electrons. The van der Waals surface area contributed by atoms with Crippen molar-refractivity contribution in [1.82, 2.24) is 15.5 Å². The normalized spacial score (nSPS) is 12.7. The lowest BCUT2D eigenvalue weighted by atomic mass is 10.2. The predicted octanol–water partition coefficient (Wildman–Crippen LogP) is -4.85. The summed E-state index contributed by atoms with van der Waals surface area (Å²) in [6.45, 7) is 2.49. The number of nitrogens with two attached hydrogens (primary N) is 3. The highest BCUT2D eigenvalue weighted by atomic mass is 16.4. The number of nitrogens with zero attached hydrogens (tertiary/aromatic N) is 2. The lowest BCUT2D eigenvalue weighted by molar-refractivity contribution is -0.870. The maximum absolute atomic E-state index is 10.4. The van der Waals surface area contributed by atoms with E-state index in [9.17, 15) is 14.4 Å². The highest BCUT2D eigenvalue weighted by molar-refractivity contribution is 6.02. The third kappa shape index (κ3) is 40.4. The monoisotopic (exact) mass is 542 g/mol. The number of rotatable bonds is 9. The first-order chi connectivity index (χ1) is 16.8. The van der Waals surface area contributed by atoms with Crippen LogP contribution < -0.4 is 27.8 Å². The van der Waals surface area contributed by atoms with Gasteiger partial charge in [0.15, 0.2) is 11.9 Å². The lowest BCUT2D eigenvalue weighted by Crippen LogP contribution is -2.36. The van der Waals surface area contributed by atoms with E-state index in [-0.39, 0.29) is 43.6 Å². The summed E-state index contributed by atoms with van der Waals surface area (Å²) >= 11 is 0. The van der Waals surface area contributed by atoms with Gasteiger partial charge in [0.2, 0.25) is 11.8 Å². The van der Waals surface area contributed by atoms with Gasteiger partial charge >= 0.3 is 5.97 Å². The topological polar surface area (TPSA) is 305 Å². The Morgan fingerprint density at radius 3 is 1.81 bits per heavy atom. The Morgan fingerprint density at radius 1 is 1.19 bits per heavy atom. The number of guanidine groups is 2. The highest BCUT2D eigenvalue weighted by Gasteiger charge is 2.18. The molecule has 15 N–H and O–H groups in total. The number of hydrogen-bond donors (Lipinski definition) is 12. The summed E-state index contributed by atoms with van der Waals surface area (Å²) in [5.41, 5.74) is 14.7. The number of amides is 2. The first-order valence-corrected chi connectivity index (χ1v) is 11.1. The van der Waals surface area contributed by atoms with Gasteiger partial charge in [-0.05, 0) is 12.8 Å². The molecule has 1 heterocycles. The predicted molar refractivity (Wildman–Crippen MR) is 138 cm³/mol.